The number of hydrogen-bond donors (Lipinski definition) is 1. The number of likely N-dealkylation sites (tertiary alicyclic amines) is 1. The van der Waals surface area contributed by atoms with Gasteiger partial charge in [-0.1, -0.05) is 6.92 Å². The Morgan fingerprint density at radius 2 is 2.17 bits per heavy atom. The molecule has 0 bridgehead atoms. The third kappa shape index (κ3) is 3.93. The number of furan rings is 1. The number of hydrogen-bond acceptors (Lipinski definition) is 5. The second-order valence-corrected chi connectivity index (χ2v) is 7.82. The maximum Gasteiger partial charge on any atom is 0.290 e. The van der Waals surface area contributed by atoms with E-state index >= 15 is 0 Å². The molecular weight excluding hydrogens is 320 g/mol. The molecule has 23 heavy (non-hydrogen) atoms. The molecule has 1 saturated heterocycles. The molecule has 1 N–H and O–H groups in total. The number of amides is 2. The zero-order chi connectivity index (χ0) is 17.0. The van der Waals surface area contributed by atoms with Crippen molar-refractivity contribution in [3.8, 4) is 0 Å². The van der Waals surface area contributed by atoms with Gasteiger partial charge >= 0.3 is 0 Å². The Morgan fingerprint density at radius 3 is 2.78 bits per heavy atom. The molecule has 1 aromatic heterocycles. The number of nitrogens with zero attached hydrogens (tertiary/aromatic N) is 1. The minimum atomic E-state index is -3.72. The number of carbonyl (C=O) groups is 2. The molecule has 128 valence electrons. The lowest BCUT2D eigenvalue weighted by Gasteiger charge is -2.34. The van der Waals surface area contributed by atoms with Gasteiger partial charge < -0.3 is 9.32 Å². The molecule has 0 spiro atoms. The Bertz CT molecular complexity index is 653. The summed E-state index contributed by atoms with van der Waals surface area (Å²) in [5.74, 6) is -0.893. The Morgan fingerprint density at radius 1 is 1.43 bits per heavy atom. The molecule has 2 atom stereocenters. The van der Waals surface area contributed by atoms with Crippen molar-refractivity contribution in [1.29, 1.82) is 0 Å². The molecule has 1 aliphatic rings. The summed E-state index contributed by atoms with van der Waals surface area (Å²) in [6.07, 6.45) is 3.77. The van der Waals surface area contributed by atoms with Crippen LogP contribution in [0.4, 0.5) is 0 Å². The van der Waals surface area contributed by atoms with Gasteiger partial charge in [0.15, 0.2) is 5.76 Å². The second-order valence-electron chi connectivity index (χ2n) is 5.72. The fraction of sp³-hybridized carbons (Fsp3) is 0.600. The number of nitrogens with one attached hydrogen (secondary N) is 1. The Balaban J connectivity index is 2.15. The molecule has 1 aliphatic heterocycles. The van der Waals surface area contributed by atoms with Crippen LogP contribution in [0.15, 0.2) is 22.8 Å². The smallest absolute Gasteiger partial charge is 0.290 e. The van der Waals surface area contributed by atoms with Crippen LogP contribution in [0.5, 0.6) is 0 Å². The van der Waals surface area contributed by atoms with Crippen LogP contribution in [-0.4, -0.2) is 43.0 Å². The maximum atomic E-state index is 12.4. The van der Waals surface area contributed by atoms with E-state index in [2.05, 4.69) is 4.72 Å². The van der Waals surface area contributed by atoms with E-state index in [0.717, 1.165) is 12.8 Å². The van der Waals surface area contributed by atoms with E-state index in [1.54, 1.807) is 19.9 Å². The summed E-state index contributed by atoms with van der Waals surface area (Å²) < 4.78 is 31.3. The molecule has 2 rings (SSSR count). The van der Waals surface area contributed by atoms with Crippen molar-refractivity contribution in [2.45, 2.75) is 50.8 Å². The van der Waals surface area contributed by atoms with Crippen molar-refractivity contribution < 1.29 is 22.4 Å². The van der Waals surface area contributed by atoms with Crippen LogP contribution in [0.3, 0.4) is 0 Å². The van der Waals surface area contributed by atoms with Gasteiger partial charge in [-0.05, 0) is 44.7 Å². The summed E-state index contributed by atoms with van der Waals surface area (Å²) >= 11 is 0. The van der Waals surface area contributed by atoms with E-state index in [1.807, 2.05) is 0 Å². The molecule has 0 saturated carbocycles. The van der Waals surface area contributed by atoms with Gasteiger partial charge in [0, 0.05) is 6.54 Å². The lowest BCUT2D eigenvalue weighted by molar-refractivity contribution is -0.124. The highest BCUT2D eigenvalue weighted by molar-refractivity contribution is 7.90. The minimum Gasteiger partial charge on any atom is -0.459 e. The highest BCUT2D eigenvalue weighted by atomic mass is 32.2. The van der Waals surface area contributed by atoms with Crippen molar-refractivity contribution in [1.82, 2.24) is 9.62 Å². The lowest BCUT2D eigenvalue weighted by atomic mass is 10.0. The largest absolute Gasteiger partial charge is 0.459 e. The van der Waals surface area contributed by atoms with E-state index in [-0.39, 0.29) is 5.76 Å². The highest BCUT2D eigenvalue weighted by Crippen LogP contribution is 2.20. The van der Waals surface area contributed by atoms with Crippen molar-refractivity contribution in [2.24, 2.45) is 0 Å². The predicted octanol–water partition coefficient (Wildman–Crippen LogP) is 1.52. The van der Waals surface area contributed by atoms with Crippen molar-refractivity contribution in [3.63, 3.8) is 0 Å². The Labute approximate surface area is 136 Å². The van der Waals surface area contributed by atoms with E-state index in [4.69, 9.17) is 4.42 Å². The quantitative estimate of drug-likeness (QED) is 0.875. The van der Waals surface area contributed by atoms with Gasteiger partial charge in [-0.2, -0.15) is 0 Å². The van der Waals surface area contributed by atoms with Crippen LogP contribution in [-0.2, 0) is 14.8 Å². The Hall–Kier alpha value is -1.83. The summed E-state index contributed by atoms with van der Waals surface area (Å²) in [5, 5.41) is -0.663. The average molecular weight is 342 g/mol. The fourth-order valence-corrected chi connectivity index (χ4v) is 3.57. The molecular formula is C15H22N2O5S. The third-order valence-electron chi connectivity index (χ3n) is 4.15. The number of piperidine rings is 1. The van der Waals surface area contributed by atoms with Gasteiger partial charge in [-0.3, -0.25) is 14.3 Å². The van der Waals surface area contributed by atoms with Gasteiger partial charge in [0.25, 0.3) is 11.8 Å². The van der Waals surface area contributed by atoms with Crippen molar-refractivity contribution >= 4 is 21.8 Å². The first-order valence-electron chi connectivity index (χ1n) is 7.76. The number of sulfonamides is 1. The average Bonchev–Trinajstić information content (AvgIpc) is 3.07. The summed E-state index contributed by atoms with van der Waals surface area (Å²) in [5.41, 5.74) is 0. The predicted molar refractivity (Wildman–Crippen MR) is 84.2 cm³/mol. The van der Waals surface area contributed by atoms with Gasteiger partial charge in [0.2, 0.25) is 10.0 Å². The maximum absolute atomic E-state index is 12.4. The first kappa shape index (κ1) is 17.5. The normalized spacial score (nSPS) is 20.1. The molecule has 0 aliphatic carbocycles. The molecule has 2 heterocycles. The molecule has 0 radical (unpaired) electrons. The Kier molecular flexibility index (Phi) is 5.46. The minimum absolute atomic E-state index is 0.148. The highest BCUT2D eigenvalue weighted by Gasteiger charge is 2.36. The van der Waals surface area contributed by atoms with Gasteiger partial charge in [-0.15, -0.1) is 0 Å². The lowest BCUT2D eigenvalue weighted by Crippen LogP contribution is -2.53. The van der Waals surface area contributed by atoms with Crippen LogP contribution < -0.4 is 4.72 Å². The molecule has 2 amide bonds. The summed E-state index contributed by atoms with van der Waals surface area (Å²) in [4.78, 5) is 26.2. The molecule has 7 nitrogen and oxygen atoms in total. The van der Waals surface area contributed by atoms with Gasteiger partial charge in [0.1, 0.15) is 6.04 Å². The fourth-order valence-electron chi connectivity index (χ4n) is 2.52. The zero-order valence-corrected chi connectivity index (χ0v) is 14.1. The number of carbonyl (C=O) groups excluding carboxylic acids is 2. The molecule has 8 heteroatoms. The SMILES string of the molecule is CC[C@H](C)S(=O)(=O)NC(=O)[C@@H]1CCCCN1C(=O)c1ccco1. The topological polar surface area (TPSA) is 96.7 Å². The molecule has 0 unspecified atom stereocenters. The molecule has 1 aromatic rings. The summed E-state index contributed by atoms with van der Waals surface area (Å²) in [6.45, 7) is 3.69. The summed E-state index contributed by atoms with van der Waals surface area (Å²) in [6, 6.07) is 2.33. The van der Waals surface area contributed by atoms with Crippen molar-refractivity contribution in [2.75, 3.05) is 6.54 Å². The van der Waals surface area contributed by atoms with Gasteiger partial charge in [0.05, 0.1) is 11.5 Å². The first-order chi connectivity index (χ1) is 10.9. The van der Waals surface area contributed by atoms with Crippen molar-refractivity contribution in [3.05, 3.63) is 24.2 Å². The van der Waals surface area contributed by atoms with E-state index < -0.39 is 33.1 Å². The monoisotopic (exact) mass is 342 g/mol. The molecule has 0 aromatic carbocycles. The van der Waals surface area contributed by atoms with E-state index in [9.17, 15) is 18.0 Å². The summed E-state index contributed by atoms with van der Waals surface area (Å²) in [7, 11) is -3.72. The van der Waals surface area contributed by atoms with Crippen LogP contribution in [0.2, 0.25) is 0 Å². The number of rotatable bonds is 5. The van der Waals surface area contributed by atoms with E-state index in [1.165, 1.54) is 17.2 Å². The van der Waals surface area contributed by atoms with Crippen LogP contribution in [0, 0.1) is 0 Å². The van der Waals surface area contributed by atoms with E-state index in [0.29, 0.717) is 19.4 Å². The standard InChI is InChI=1S/C15H22N2O5S/c1-3-11(2)23(20,21)16-14(18)12-7-4-5-9-17(12)15(19)13-8-6-10-22-13/h6,8,10-12H,3-5,7,9H2,1-2H3,(H,16,18)/t11-,12-/m0/s1. The third-order valence-corrected chi connectivity index (χ3v) is 6.02. The van der Waals surface area contributed by atoms with Crippen LogP contribution in [0.25, 0.3) is 0 Å². The van der Waals surface area contributed by atoms with Crippen LogP contribution in [0.1, 0.15) is 50.1 Å². The first-order valence-corrected chi connectivity index (χ1v) is 9.31. The second kappa shape index (κ2) is 7.16. The van der Waals surface area contributed by atoms with Gasteiger partial charge in [-0.25, -0.2) is 8.42 Å². The zero-order valence-electron chi connectivity index (χ0n) is 13.3. The molecule has 1 fully saturated rings. The van der Waals surface area contributed by atoms with Crippen LogP contribution >= 0.6 is 0 Å².